The fourth-order valence-corrected chi connectivity index (χ4v) is 2.80. The van der Waals surface area contributed by atoms with Gasteiger partial charge >= 0.3 is 0 Å². The van der Waals surface area contributed by atoms with Crippen LogP contribution in [0.2, 0.25) is 0 Å². The summed E-state index contributed by atoms with van der Waals surface area (Å²) in [6.07, 6.45) is 7.81. The molecular formula is C24H47N3O3. The summed E-state index contributed by atoms with van der Waals surface area (Å²) in [5.41, 5.74) is 2.74. The van der Waals surface area contributed by atoms with Crippen LogP contribution < -0.4 is 0 Å². The average Bonchev–Trinajstić information content (AvgIpc) is 2.77. The van der Waals surface area contributed by atoms with Gasteiger partial charge in [0.05, 0.1) is 0 Å². The Morgan fingerprint density at radius 2 is 1.33 bits per heavy atom. The second-order valence-electron chi connectivity index (χ2n) is 7.35. The molecule has 0 fully saturated rings. The first-order chi connectivity index (χ1) is 14.3. The molecule has 0 saturated heterocycles. The Kier molecular flexibility index (Phi) is 19.7. The smallest absolute Gasteiger partial charge is 0.248 e. The molecule has 0 unspecified atom stereocenters. The first-order valence-electron chi connectivity index (χ1n) is 11.5. The van der Waals surface area contributed by atoms with Gasteiger partial charge in [-0.1, -0.05) is 51.0 Å². The summed E-state index contributed by atoms with van der Waals surface area (Å²) in [6.45, 7) is 15.9. The van der Waals surface area contributed by atoms with Gasteiger partial charge in [-0.05, 0) is 53.8 Å². The molecule has 6 nitrogen and oxygen atoms in total. The van der Waals surface area contributed by atoms with Crippen molar-refractivity contribution in [2.45, 2.75) is 67.2 Å². The van der Waals surface area contributed by atoms with E-state index in [0.717, 1.165) is 45.4 Å². The second-order valence-corrected chi connectivity index (χ2v) is 7.35. The molecule has 2 aliphatic heterocycles. The Labute approximate surface area is 185 Å². The monoisotopic (exact) mass is 425 g/mol. The minimum atomic E-state index is -0.368. The zero-order valence-electron chi connectivity index (χ0n) is 20.8. The highest BCUT2D eigenvalue weighted by atomic mass is 16.3. The fourth-order valence-electron chi connectivity index (χ4n) is 2.80. The SMILES string of the molecule is CC.CC.CC1=CCN(C(=O)CCCN(C)C)CC1.CC1=CCN(C(=O)CO)CC1. The molecule has 0 spiro atoms. The van der Waals surface area contributed by atoms with Crippen LogP contribution in [-0.4, -0.2) is 85.0 Å². The standard InChI is InChI=1S/C12H22N2O.C8H13NO2.2C2H6/c1-11-6-9-14(10-7-11)12(15)5-4-8-13(2)3;1-7-2-4-9(5-3-7)8(11)6-10;2*1-2/h6H,4-5,7-10H2,1-3H3;2,10H,3-6H2,1H3;2*1-2H3. The molecule has 2 aliphatic rings. The van der Waals surface area contributed by atoms with Crippen LogP contribution in [0.1, 0.15) is 67.2 Å². The van der Waals surface area contributed by atoms with Crippen LogP contribution in [0.3, 0.4) is 0 Å². The second kappa shape index (κ2) is 19.3. The van der Waals surface area contributed by atoms with Gasteiger partial charge in [-0.2, -0.15) is 0 Å². The Balaban J connectivity index is 0. The maximum Gasteiger partial charge on any atom is 0.248 e. The van der Waals surface area contributed by atoms with Crippen molar-refractivity contribution in [2.75, 3.05) is 53.4 Å². The molecular weight excluding hydrogens is 378 g/mol. The van der Waals surface area contributed by atoms with Gasteiger partial charge in [-0.3, -0.25) is 9.59 Å². The third-order valence-corrected chi connectivity index (χ3v) is 4.71. The molecule has 0 aromatic rings. The number of nitrogens with zero attached hydrogens (tertiary/aromatic N) is 3. The van der Waals surface area contributed by atoms with Crippen molar-refractivity contribution < 1.29 is 14.7 Å². The molecule has 2 amide bonds. The van der Waals surface area contributed by atoms with Gasteiger partial charge < -0.3 is 19.8 Å². The summed E-state index contributed by atoms with van der Waals surface area (Å²) < 4.78 is 0. The predicted molar refractivity (Wildman–Crippen MR) is 127 cm³/mol. The minimum Gasteiger partial charge on any atom is -0.387 e. The highest BCUT2D eigenvalue weighted by Crippen LogP contribution is 2.11. The molecule has 0 aromatic heterocycles. The van der Waals surface area contributed by atoms with Crippen molar-refractivity contribution in [2.24, 2.45) is 0 Å². The molecule has 1 N–H and O–H groups in total. The van der Waals surface area contributed by atoms with Crippen molar-refractivity contribution in [1.29, 1.82) is 0 Å². The van der Waals surface area contributed by atoms with E-state index in [1.807, 2.05) is 52.8 Å². The number of aliphatic hydroxyl groups is 1. The minimum absolute atomic E-state index is 0.172. The molecule has 2 rings (SSSR count). The largest absolute Gasteiger partial charge is 0.387 e. The number of hydrogen-bond donors (Lipinski definition) is 1. The van der Waals surface area contributed by atoms with Crippen molar-refractivity contribution in [1.82, 2.24) is 14.7 Å². The van der Waals surface area contributed by atoms with E-state index < -0.39 is 0 Å². The Morgan fingerprint density at radius 3 is 1.67 bits per heavy atom. The highest BCUT2D eigenvalue weighted by molar-refractivity contribution is 5.77. The number of carbonyl (C=O) groups excluding carboxylic acids is 2. The Hall–Kier alpha value is -1.66. The van der Waals surface area contributed by atoms with Gasteiger partial charge in [0.2, 0.25) is 11.8 Å². The van der Waals surface area contributed by atoms with E-state index in [2.05, 4.69) is 24.8 Å². The van der Waals surface area contributed by atoms with E-state index in [1.54, 1.807) is 4.90 Å². The lowest BCUT2D eigenvalue weighted by atomic mass is 10.1. The van der Waals surface area contributed by atoms with Crippen LogP contribution in [0.25, 0.3) is 0 Å². The predicted octanol–water partition coefficient (Wildman–Crippen LogP) is 3.72. The van der Waals surface area contributed by atoms with Gasteiger partial charge in [-0.25, -0.2) is 0 Å². The third-order valence-electron chi connectivity index (χ3n) is 4.71. The fraction of sp³-hybridized carbons (Fsp3) is 0.750. The number of rotatable bonds is 5. The molecule has 0 saturated carbocycles. The zero-order valence-corrected chi connectivity index (χ0v) is 20.8. The maximum atomic E-state index is 11.8. The van der Waals surface area contributed by atoms with E-state index in [9.17, 15) is 9.59 Å². The van der Waals surface area contributed by atoms with Crippen molar-refractivity contribution in [3.05, 3.63) is 23.3 Å². The Bertz CT molecular complexity index is 528. The zero-order chi connectivity index (χ0) is 23.5. The topological polar surface area (TPSA) is 64.1 Å². The van der Waals surface area contributed by atoms with E-state index in [1.165, 1.54) is 11.1 Å². The molecule has 0 aliphatic carbocycles. The number of aliphatic hydroxyl groups excluding tert-OH is 1. The molecule has 0 atom stereocenters. The lowest BCUT2D eigenvalue weighted by Gasteiger charge is -2.25. The molecule has 0 aromatic carbocycles. The molecule has 30 heavy (non-hydrogen) atoms. The summed E-state index contributed by atoms with van der Waals surface area (Å²) in [4.78, 5) is 28.4. The van der Waals surface area contributed by atoms with Crippen molar-refractivity contribution in [3.8, 4) is 0 Å². The molecule has 6 heteroatoms. The summed E-state index contributed by atoms with van der Waals surface area (Å²) in [5, 5.41) is 8.54. The van der Waals surface area contributed by atoms with E-state index >= 15 is 0 Å². The summed E-state index contributed by atoms with van der Waals surface area (Å²) in [7, 11) is 4.08. The van der Waals surface area contributed by atoms with Crippen molar-refractivity contribution in [3.63, 3.8) is 0 Å². The molecule has 0 radical (unpaired) electrons. The first-order valence-corrected chi connectivity index (χ1v) is 11.5. The molecule has 0 bridgehead atoms. The maximum absolute atomic E-state index is 11.8. The average molecular weight is 426 g/mol. The first kappa shape index (κ1) is 30.5. The lowest BCUT2D eigenvalue weighted by Crippen LogP contribution is -2.36. The lowest BCUT2D eigenvalue weighted by molar-refractivity contribution is -0.134. The summed E-state index contributed by atoms with van der Waals surface area (Å²) >= 11 is 0. The summed E-state index contributed by atoms with van der Waals surface area (Å²) in [5.74, 6) is 0.134. The third kappa shape index (κ3) is 14.3. The van der Waals surface area contributed by atoms with Gasteiger partial charge in [-0.15, -0.1) is 0 Å². The molecule has 2 heterocycles. The number of carbonyl (C=O) groups is 2. The van der Waals surface area contributed by atoms with Crippen LogP contribution in [0.4, 0.5) is 0 Å². The van der Waals surface area contributed by atoms with Crippen LogP contribution >= 0.6 is 0 Å². The summed E-state index contributed by atoms with van der Waals surface area (Å²) in [6, 6.07) is 0. The molecule has 176 valence electrons. The van der Waals surface area contributed by atoms with Crippen LogP contribution in [0.15, 0.2) is 23.3 Å². The normalized spacial score (nSPS) is 15.4. The van der Waals surface area contributed by atoms with Gasteiger partial charge in [0, 0.05) is 32.6 Å². The van der Waals surface area contributed by atoms with Gasteiger partial charge in [0.1, 0.15) is 6.61 Å². The van der Waals surface area contributed by atoms with Crippen molar-refractivity contribution >= 4 is 11.8 Å². The van der Waals surface area contributed by atoms with Gasteiger partial charge in [0.25, 0.3) is 0 Å². The number of hydrogen-bond acceptors (Lipinski definition) is 4. The van der Waals surface area contributed by atoms with Crippen LogP contribution in [-0.2, 0) is 9.59 Å². The highest BCUT2D eigenvalue weighted by Gasteiger charge is 2.15. The van der Waals surface area contributed by atoms with Crippen LogP contribution in [0, 0.1) is 0 Å². The van der Waals surface area contributed by atoms with E-state index in [0.29, 0.717) is 18.9 Å². The Morgan fingerprint density at radius 1 is 0.900 bits per heavy atom. The van der Waals surface area contributed by atoms with Gasteiger partial charge in [0.15, 0.2) is 0 Å². The van der Waals surface area contributed by atoms with E-state index in [-0.39, 0.29) is 12.5 Å². The number of amides is 2. The van der Waals surface area contributed by atoms with Crippen LogP contribution in [0.5, 0.6) is 0 Å². The van der Waals surface area contributed by atoms with E-state index in [4.69, 9.17) is 5.11 Å². The quantitative estimate of drug-likeness (QED) is 0.682.